The Balaban J connectivity index is 1.42. The summed E-state index contributed by atoms with van der Waals surface area (Å²) in [5.41, 5.74) is -1.10. The minimum absolute atomic E-state index is 0.0104. The molecule has 1 heterocycles. The number of rotatable bonds is 18. The van der Waals surface area contributed by atoms with Crippen LogP contribution in [0.15, 0.2) is 5.38 Å². The van der Waals surface area contributed by atoms with Gasteiger partial charge in [0.15, 0.2) is 6.10 Å². The molecule has 4 saturated carbocycles. The lowest BCUT2D eigenvalue weighted by molar-refractivity contribution is -0.229. The predicted molar refractivity (Wildman–Crippen MR) is 173 cm³/mol. The Kier molecular flexibility index (Phi) is 11.2. The number of carbonyl (C=O) groups excluding carboxylic acids is 4. The third kappa shape index (κ3) is 7.40. The van der Waals surface area contributed by atoms with Gasteiger partial charge in [-0.05, 0) is 69.9 Å². The molecule has 46 heavy (non-hydrogen) atoms. The largest absolute Gasteiger partial charge is 0.481 e. The number of hydrogen-bond donors (Lipinski definition) is 4. The van der Waals surface area contributed by atoms with Crippen LogP contribution in [0.3, 0.4) is 0 Å². The van der Waals surface area contributed by atoms with Crippen LogP contribution in [0.5, 0.6) is 0 Å². The molecule has 2 bridgehead atoms. The topological polar surface area (TPSA) is 167 Å². The maximum absolute atomic E-state index is 13.9. The molecular formula is C33H51N5O7S. The molecule has 0 radical (unpaired) electrons. The van der Waals surface area contributed by atoms with Crippen LogP contribution in [-0.4, -0.2) is 82.9 Å². The maximum Gasteiger partial charge on any atom is 0.310 e. The van der Waals surface area contributed by atoms with Gasteiger partial charge >= 0.3 is 11.9 Å². The average molecular weight is 662 g/mol. The number of carboxylic acids is 1. The molecule has 4 N–H and O–H groups in total. The molecule has 0 saturated heterocycles. The van der Waals surface area contributed by atoms with Crippen molar-refractivity contribution in [2.45, 2.75) is 110 Å². The standard InChI is InChI=1S/C33H51N5O7S/c1-18(2)24(38(7)30(42)26(22-11-12-22)36-27(40)19(3)10-8-9-13-34-6)14-25(45-21(5)39)29-35-23(15-46-29)28(41)37-33-16-32(17-33,20(33)4)31(43)44/h15,18-20,22,24-26,34H,8-14,16-17H2,1-7H3,(H,36,40)(H,37,41)(H,43,44)/t19-,20+,24-,25-,26+,32?,33?/m1/s1. The third-order valence-electron chi connectivity index (χ3n) is 10.5. The van der Waals surface area contributed by atoms with Gasteiger partial charge in [-0.25, -0.2) is 4.98 Å². The number of thiazole rings is 1. The quantitative estimate of drug-likeness (QED) is 0.136. The number of ether oxygens (including phenoxy) is 1. The fourth-order valence-electron chi connectivity index (χ4n) is 7.19. The number of carbonyl (C=O) groups is 5. The fourth-order valence-corrected chi connectivity index (χ4v) is 8.02. The van der Waals surface area contributed by atoms with Gasteiger partial charge in [0.2, 0.25) is 11.8 Å². The van der Waals surface area contributed by atoms with Crippen LogP contribution in [0.25, 0.3) is 0 Å². The Morgan fingerprint density at radius 2 is 1.83 bits per heavy atom. The molecule has 12 nitrogen and oxygen atoms in total. The van der Waals surface area contributed by atoms with E-state index in [2.05, 4.69) is 20.9 Å². The van der Waals surface area contributed by atoms with Crippen molar-refractivity contribution in [2.24, 2.45) is 29.1 Å². The van der Waals surface area contributed by atoms with E-state index in [1.807, 2.05) is 34.7 Å². The lowest BCUT2D eigenvalue weighted by atomic mass is 9.33. The Hall–Kier alpha value is -3.06. The number of aromatic nitrogens is 1. The van der Waals surface area contributed by atoms with E-state index in [1.54, 1.807) is 17.3 Å². The monoisotopic (exact) mass is 661 g/mol. The summed E-state index contributed by atoms with van der Waals surface area (Å²) in [4.78, 5) is 70.2. The number of amides is 3. The van der Waals surface area contributed by atoms with Gasteiger partial charge in [-0.1, -0.05) is 34.1 Å². The zero-order valence-electron chi connectivity index (χ0n) is 28.2. The molecule has 4 fully saturated rings. The first-order valence-corrected chi connectivity index (χ1v) is 17.4. The van der Waals surface area contributed by atoms with E-state index in [1.165, 1.54) is 18.3 Å². The van der Waals surface area contributed by atoms with E-state index >= 15 is 0 Å². The Morgan fingerprint density at radius 3 is 2.37 bits per heavy atom. The molecule has 256 valence electrons. The highest BCUT2D eigenvalue weighted by atomic mass is 32.1. The number of nitrogens with one attached hydrogen (secondary N) is 3. The number of likely N-dealkylation sites (N-methyl/N-ethyl adjacent to an activating group) is 1. The van der Waals surface area contributed by atoms with Crippen LogP contribution in [0, 0.1) is 29.1 Å². The summed E-state index contributed by atoms with van der Waals surface area (Å²) in [5, 5.41) is 20.8. The van der Waals surface area contributed by atoms with Crippen molar-refractivity contribution in [1.29, 1.82) is 0 Å². The minimum atomic E-state index is -0.824. The second-order valence-corrected chi connectivity index (χ2v) is 15.0. The SMILES string of the molecule is CNCCCC[C@@H](C)C(=O)N[C@H](C(=O)N(C)[C@H](C[C@@H](OC(C)=O)c1nc(C(=O)NC23CC(C(=O)O)(C2)[C@@H]3C)cs1)C(C)C)C1CC1. The van der Waals surface area contributed by atoms with E-state index in [9.17, 15) is 29.1 Å². The van der Waals surface area contributed by atoms with Crippen LogP contribution >= 0.6 is 11.3 Å². The van der Waals surface area contributed by atoms with E-state index in [4.69, 9.17) is 4.74 Å². The molecular weight excluding hydrogens is 610 g/mol. The van der Waals surface area contributed by atoms with Crippen LogP contribution < -0.4 is 16.0 Å². The Morgan fingerprint density at radius 1 is 1.15 bits per heavy atom. The summed E-state index contributed by atoms with van der Waals surface area (Å²) in [6.45, 7) is 9.95. The van der Waals surface area contributed by atoms with Crippen molar-refractivity contribution in [3.63, 3.8) is 0 Å². The van der Waals surface area contributed by atoms with Gasteiger partial charge in [-0.15, -0.1) is 11.3 Å². The first-order chi connectivity index (χ1) is 21.7. The van der Waals surface area contributed by atoms with Gasteiger partial charge in [-0.3, -0.25) is 24.0 Å². The van der Waals surface area contributed by atoms with Gasteiger partial charge in [0, 0.05) is 43.3 Å². The molecule has 5 atom stereocenters. The molecule has 3 amide bonds. The number of unbranched alkanes of at least 4 members (excludes halogenated alkanes) is 1. The Labute approximate surface area is 275 Å². The van der Waals surface area contributed by atoms with E-state index in [0.717, 1.165) is 38.6 Å². The van der Waals surface area contributed by atoms with Crippen molar-refractivity contribution in [2.75, 3.05) is 20.6 Å². The second kappa shape index (κ2) is 14.4. The fraction of sp³-hybridized carbons (Fsp3) is 0.758. The normalized spacial score (nSPS) is 25.7. The highest BCUT2D eigenvalue weighted by Crippen LogP contribution is 2.71. The first kappa shape index (κ1) is 35.8. The summed E-state index contributed by atoms with van der Waals surface area (Å²) in [6, 6.07) is -0.954. The van der Waals surface area contributed by atoms with Crippen LogP contribution in [-0.2, 0) is 23.9 Å². The third-order valence-corrected chi connectivity index (χ3v) is 11.5. The smallest absolute Gasteiger partial charge is 0.310 e. The molecule has 0 aliphatic heterocycles. The zero-order chi connectivity index (χ0) is 34.0. The van der Waals surface area contributed by atoms with Gasteiger partial charge in [0.05, 0.1) is 5.41 Å². The van der Waals surface area contributed by atoms with Crippen molar-refractivity contribution in [1.82, 2.24) is 25.8 Å². The number of hydrogen-bond acceptors (Lipinski definition) is 9. The van der Waals surface area contributed by atoms with Crippen molar-refractivity contribution in [3.8, 4) is 0 Å². The molecule has 1 aromatic heterocycles. The molecule has 1 aromatic rings. The highest BCUT2D eigenvalue weighted by Gasteiger charge is 2.78. The van der Waals surface area contributed by atoms with Crippen molar-refractivity contribution in [3.05, 3.63) is 16.1 Å². The van der Waals surface area contributed by atoms with E-state index < -0.39 is 35.0 Å². The minimum Gasteiger partial charge on any atom is -0.481 e. The molecule has 13 heteroatoms. The number of carboxylic acid groups (broad SMARTS) is 1. The second-order valence-electron chi connectivity index (χ2n) is 14.1. The van der Waals surface area contributed by atoms with E-state index in [0.29, 0.717) is 17.8 Å². The highest BCUT2D eigenvalue weighted by molar-refractivity contribution is 7.09. The summed E-state index contributed by atoms with van der Waals surface area (Å²) in [7, 11) is 3.64. The predicted octanol–water partition coefficient (Wildman–Crippen LogP) is 3.52. The number of nitrogens with zero attached hydrogens (tertiary/aromatic N) is 2. The zero-order valence-corrected chi connectivity index (χ0v) is 29.0. The van der Waals surface area contributed by atoms with Gasteiger partial charge in [-0.2, -0.15) is 0 Å². The summed E-state index contributed by atoms with van der Waals surface area (Å²) >= 11 is 1.21. The van der Waals surface area contributed by atoms with Gasteiger partial charge in [0.25, 0.3) is 5.91 Å². The van der Waals surface area contributed by atoms with Gasteiger partial charge in [0.1, 0.15) is 16.7 Å². The number of esters is 1. The average Bonchev–Trinajstić information content (AvgIpc) is 3.70. The van der Waals surface area contributed by atoms with Crippen LogP contribution in [0.1, 0.15) is 108 Å². The lowest BCUT2D eigenvalue weighted by Crippen LogP contribution is -2.83. The molecule has 4 aliphatic rings. The van der Waals surface area contributed by atoms with E-state index in [-0.39, 0.29) is 59.5 Å². The lowest BCUT2D eigenvalue weighted by Gasteiger charge is -2.73. The molecule has 0 unspecified atom stereocenters. The maximum atomic E-state index is 13.9. The van der Waals surface area contributed by atoms with Crippen molar-refractivity contribution < 1.29 is 33.8 Å². The summed E-state index contributed by atoms with van der Waals surface area (Å²) in [5.74, 6) is -2.26. The van der Waals surface area contributed by atoms with Crippen molar-refractivity contribution >= 4 is 41.0 Å². The molecule has 4 aliphatic carbocycles. The summed E-state index contributed by atoms with van der Waals surface area (Å²) in [6.07, 6.45) is 4.72. The van der Waals surface area contributed by atoms with Gasteiger partial charge < -0.3 is 30.7 Å². The molecule has 0 aromatic carbocycles. The molecule has 5 rings (SSSR count). The van der Waals surface area contributed by atoms with Crippen LogP contribution in [0.4, 0.5) is 0 Å². The molecule has 0 spiro atoms. The Bertz CT molecular complexity index is 1300. The first-order valence-electron chi connectivity index (χ1n) is 16.6. The number of aliphatic carboxylic acids is 1. The van der Waals surface area contributed by atoms with Crippen LogP contribution in [0.2, 0.25) is 0 Å². The summed E-state index contributed by atoms with van der Waals surface area (Å²) < 4.78 is 5.71.